The van der Waals surface area contributed by atoms with E-state index in [0.717, 1.165) is 21.4 Å². The Bertz CT molecular complexity index is 1010. The molecule has 0 unspecified atom stereocenters. The fourth-order valence-electron chi connectivity index (χ4n) is 2.39. The number of hydrogen-bond acceptors (Lipinski definition) is 4. The number of anilines is 2. The maximum Gasteiger partial charge on any atom is 0.250 e. The molecule has 5 nitrogen and oxygen atoms in total. The summed E-state index contributed by atoms with van der Waals surface area (Å²) in [6, 6.07) is 11.3. The fourth-order valence-corrected chi connectivity index (χ4v) is 3.30. The summed E-state index contributed by atoms with van der Waals surface area (Å²) in [4.78, 5) is 27.7. The maximum atomic E-state index is 13.0. The van der Waals surface area contributed by atoms with Gasteiger partial charge in [-0.1, -0.05) is 23.5 Å². The number of benzene rings is 2. The van der Waals surface area contributed by atoms with Crippen LogP contribution in [0.5, 0.6) is 0 Å². The zero-order chi connectivity index (χ0) is 18.7. The number of fused-ring (bicyclic) bond motifs is 1. The van der Waals surface area contributed by atoms with Crippen LogP contribution in [0.1, 0.15) is 19.4 Å². The predicted octanol–water partition coefficient (Wildman–Crippen LogP) is 4.44. The molecular formula is C19H16FN3O2S. The van der Waals surface area contributed by atoms with Crippen LogP contribution in [0.3, 0.4) is 0 Å². The molecule has 0 fully saturated rings. The lowest BCUT2D eigenvalue weighted by atomic mass is 10.1. The molecule has 132 valence electrons. The maximum absolute atomic E-state index is 13.0. The standard InChI is InChI=1S/C19H16FN3O2S/c1-11(13-3-5-14(20)6-4-13)9-18(25)23-19-22-16-8-7-15(21-12(2)24)10-17(16)26-19/h3-10H,1-2H3,(H,21,24)(H,22,23,25)/b11-9-. The van der Waals surface area contributed by atoms with Gasteiger partial charge in [0.15, 0.2) is 5.13 Å². The summed E-state index contributed by atoms with van der Waals surface area (Å²) in [5.74, 6) is -0.782. The van der Waals surface area contributed by atoms with E-state index in [1.54, 1.807) is 31.2 Å². The van der Waals surface area contributed by atoms with Gasteiger partial charge in [-0.25, -0.2) is 9.37 Å². The molecule has 0 bridgehead atoms. The van der Waals surface area contributed by atoms with E-state index < -0.39 is 0 Å². The zero-order valence-corrected chi connectivity index (χ0v) is 15.0. The highest BCUT2D eigenvalue weighted by Crippen LogP contribution is 2.28. The average Bonchev–Trinajstić information content (AvgIpc) is 2.96. The minimum absolute atomic E-state index is 0.149. The van der Waals surface area contributed by atoms with E-state index in [4.69, 9.17) is 0 Å². The van der Waals surface area contributed by atoms with Crippen molar-refractivity contribution in [1.82, 2.24) is 4.98 Å². The molecular weight excluding hydrogens is 353 g/mol. The van der Waals surface area contributed by atoms with E-state index >= 15 is 0 Å². The van der Waals surface area contributed by atoms with Crippen molar-refractivity contribution in [3.05, 3.63) is 59.9 Å². The minimum atomic E-state index is -0.320. The summed E-state index contributed by atoms with van der Waals surface area (Å²) in [7, 11) is 0. The third-order valence-electron chi connectivity index (χ3n) is 3.59. The van der Waals surface area contributed by atoms with Crippen molar-refractivity contribution in [1.29, 1.82) is 0 Å². The number of aromatic nitrogens is 1. The second-order valence-corrected chi connectivity index (χ2v) is 6.74. The molecule has 2 aromatic carbocycles. The first-order chi connectivity index (χ1) is 12.4. The summed E-state index contributed by atoms with van der Waals surface area (Å²) < 4.78 is 13.8. The van der Waals surface area contributed by atoms with Gasteiger partial charge in [0, 0.05) is 18.7 Å². The molecule has 0 saturated heterocycles. The fraction of sp³-hybridized carbons (Fsp3) is 0.105. The van der Waals surface area contributed by atoms with Crippen LogP contribution in [-0.2, 0) is 9.59 Å². The number of thiazole rings is 1. The number of halogens is 1. The van der Waals surface area contributed by atoms with E-state index in [1.165, 1.54) is 36.5 Å². The molecule has 0 radical (unpaired) electrons. The van der Waals surface area contributed by atoms with Gasteiger partial charge in [-0.2, -0.15) is 0 Å². The van der Waals surface area contributed by atoms with E-state index in [-0.39, 0.29) is 17.6 Å². The van der Waals surface area contributed by atoms with Crippen molar-refractivity contribution in [2.45, 2.75) is 13.8 Å². The van der Waals surface area contributed by atoms with Crippen LogP contribution in [0, 0.1) is 5.82 Å². The Morgan fingerprint density at radius 2 is 1.81 bits per heavy atom. The molecule has 3 rings (SSSR count). The van der Waals surface area contributed by atoms with Crippen LogP contribution in [0.4, 0.5) is 15.2 Å². The van der Waals surface area contributed by atoms with Crippen molar-refractivity contribution >= 4 is 49.8 Å². The van der Waals surface area contributed by atoms with Crippen LogP contribution in [-0.4, -0.2) is 16.8 Å². The Kier molecular flexibility index (Phi) is 5.09. The minimum Gasteiger partial charge on any atom is -0.326 e. The monoisotopic (exact) mass is 369 g/mol. The Morgan fingerprint density at radius 3 is 2.50 bits per heavy atom. The number of allylic oxidation sites excluding steroid dienone is 1. The zero-order valence-electron chi connectivity index (χ0n) is 14.2. The first kappa shape index (κ1) is 17.8. The molecule has 0 aliphatic heterocycles. The lowest BCUT2D eigenvalue weighted by Gasteiger charge is -2.02. The second-order valence-electron chi connectivity index (χ2n) is 5.71. The SMILES string of the molecule is CC(=O)Nc1ccc2nc(NC(=O)/C=C(/C)c3ccc(F)cc3)sc2c1. The molecule has 2 N–H and O–H groups in total. The first-order valence-electron chi connectivity index (χ1n) is 7.84. The molecule has 2 amide bonds. The van der Waals surface area contributed by atoms with Crippen LogP contribution in [0.2, 0.25) is 0 Å². The summed E-state index contributed by atoms with van der Waals surface area (Å²) in [6.45, 7) is 3.23. The van der Waals surface area contributed by atoms with Crippen molar-refractivity contribution in [3.63, 3.8) is 0 Å². The number of carbonyl (C=O) groups excluding carboxylic acids is 2. The Hall–Kier alpha value is -3.06. The summed E-state index contributed by atoms with van der Waals surface area (Å²) >= 11 is 1.32. The number of hydrogen-bond donors (Lipinski definition) is 2. The van der Waals surface area contributed by atoms with Crippen molar-refractivity contribution in [3.8, 4) is 0 Å². The van der Waals surface area contributed by atoms with Gasteiger partial charge in [0.25, 0.3) is 0 Å². The highest BCUT2D eigenvalue weighted by Gasteiger charge is 2.08. The average molecular weight is 369 g/mol. The van der Waals surface area contributed by atoms with Crippen molar-refractivity contribution < 1.29 is 14.0 Å². The number of amides is 2. The highest BCUT2D eigenvalue weighted by molar-refractivity contribution is 7.22. The molecule has 1 heterocycles. The highest BCUT2D eigenvalue weighted by atomic mass is 32.1. The molecule has 3 aromatic rings. The topological polar surface area (TPSA) is 71.1 Å². The predicted molar refractivity (Wildman–Crippen MR) is 103 cm³/mol. The van der Waals surface area contributed by atoms with Gasteiger partial charge in [-0.15, -0.1) is 0 Å². The molecule has 7 heteroatoms. The van der Waals surface area contributed by atoms with E-state index in [2.05, 4.69) is 15.6 Å². The third-order valence-corrected chi connectivity index (χ3v) is 4.52. The van der Waals surface area contributed by atoms with Crippen molar-refractivity contribution in [2.24, 2.45) is 0 Å². The number of rotatable bonds is 4. The van der Waals surface area contributed by atoms with Gasteiger partial charge in [0.2, 0.25) is 11.8 Å². The van der Waals surface area contributed by atoms with Gasteiger partial charge >= 0.3 is 0 Å². The first-order valence-corrected chi connectivity index (χ1v) is 8.66. The Morgan fingerprint density at radius 1 is 1.08 bits per heavy atom. The molecule has 0 atom stereocenters. The van der Waals surface area contributed by atoms with Crippen LogP contribution < -0.4 is 10.6 Å². The summed E-state index contributed by atoms with van der Waals surface area (Å²) in [6.07, 6.45) is 1.45. The molecule has 0 saturated carbocycles. The van der Waals surface area contributed by atoms with Crippen LogP contribution in [0.15, 0.2) is 48.5 Å². The van der Waals surface area contributed by atoms with E-state index in [0.29, 0.717) is 10.8 Å². The molecule has 1 aromatic heterocycles. The molecule has 0 aliphatic rings. The normalized spacial score (nSPS) is 11.4. The lowest BCUT2D eigenvalue weighted by molar-refractivity contribution is -0.114. The van der Waals surface area contributed by atoms with E-state index in [1.807, 2.05) is 6.07 Å². The number of nitrogens with zero attached hydrogens (tertiary/aromatic N) is 1. The smallest absolute Gasteiger partial charge is 0.250 e. The van der Waals surface area contributed by atoms with Gasteiger partial charge in [0.05, 0.1) is 10.2 Å². The largest absolute Gasteiger partial charge is 0.326 e. The quantitative estimate of drug-likeness (QED) is 0.668. The molecule has 0 aliphatic carbocycles. The Balaban J connectivity index is 1.75. The van der Waals surface area contributed by atoms with Gasteiger partial charge in [-0.3, -0.25) is 14.9 Å². The van der Waals surface area contributed by atoms with E-state index in [9.17, 15) is 14.0 Å². The van der Waals surface area contributed by atoms with Crippen LogP contribution >= 0.6 is 11.3 Å². The number of carbonyl (C=O) groups is 2. The van der Waals surface area contributed by atoms with Gasteiger partial charge in [0.1, 0.15) is 5.82 Å². The molecule has 26 heavy (non-hydrogen) atoms. The lowest BCUT2D eigenvalue weighted by Crippen LogP contribution is -2.08. The van der Waals surface area contributed by atoms with Gasteiger partial charge in [-0.05, 0) is 48.4 Å². The molecule has 0 spiro atoms. The summed E-state index contributed by atoms with van der Waals surface area (Å²) in [5.41, 5.74) is 2.90. The third kappa shape index (κ3) is 4.31. The van der Waals surface area contributed by atoms with Crippen LogP contribution in [0.25, 0.3) is 15.8 Å². The van der Waals surface area contributed by atoms with Crippen molar-refractivity contribution in [2.75, 3.05) is 10.6 Å². The van der Waals surface area contributed by atoms with Gasteiger partial charge < -0.3 is 5.32 Å². The summed E-state index contributed by atoms with van der Waals surface area (Å²) in [5, 5.41) is 5.91. The second kappa shape index (κ2) is 7.45. The number of nitrogens with one attached hydrogen (secondary N) is 2. The Labute approximate surface area is 153 Å².